The first-order valence-corrected chi connectivity index (χ1v) is 5.11. The molecule has 0 atom stereocenters. The minimum Gasteiger partial charge on any atom is -0.352 e. The number of urea groups is 1. The first kappa shape index (κ1) is 9.92. The molecule has 0 unspecified atom stereocenters. The Labute approximate surface area is 81.7 Å². The fourth-order valence-electron chi connectivity index (χ4n) is 0.972. The van der Waals surface area contributed by atoms with Crippen molar-refractivity contribution < 1.29 is 4.79 Å². The number of nitrogens with two attached hydrogens (primary N) is 1. The summed E-state index contributed by atoms with van der Waals surface area (Å²) in [6.07, 6.45) is 2.01. The predicted octanol–water partition coefficient (Wildman–Crippen LogP) is 1.58. The fraction of sp³-hybridized carbons (Fsp3) is 0.222. The molecule has 0 fully saturated rings. The van der Waals surface area contributed by atoms with Crippen molar-refractivity contribution in [3.63, 3.8) is 0 Å². The van der Waals surface area contributed by atoms with Crippen LogP contribution in [0, 0.1) is 0 Å². The van der Waals surface area contributed by atoms with Crippen LogP contribution in [0.15, 0.2) is 29.2 Å². The molecular formula is C9H12N2OS. The zero-order chi connectivity index (χ0) is 9.68. The number of carbonyl (C=O) groups is 1. The summed E-state index contributed by atoms with van der Waals surface area (Å²) in [7, 11) is 0. The third kappa shape index (κ3) is 3.38. The van der Waals surface area contributed by atoms with E-state index in [9.17, 15) is 4.79 Å². The Kier molecular flexibility index (Phi) is 3.64. The van der Waals surface area contributed by atoms with Gasteiger partial charge in [-0.15, -0.1) is 11.8 Å². The van der Waals surface area contributed by atoms with Crippen LogP contribution in [0.25, 0.3) is 0 Å². The van der Waals surface area contributed by atoms with E-state index in [2.05, 4.69) is 5.32 Å². The number of rotatable bonds is 3. The van der Waals surface area contributed by atoms with Crippen molar-refractivity contribution in [2.45, 2.75) is 11.4 Å². The fourth-order valence-corrected chi connectivity index (χ4v) is 1.46. The van der Waals surface area contributed by atoms with E-state index in [1.807, 2.05) is 30.5 Å². The lowest BCUT2D eigenvalue weighted by Crippen LogP contribution is -2.28. The number of hydrogen-bond donors (Lipinski definition) is 2. The molecule has 4 heteroatoms. The molecule has 0 spiro atoms. The van der Waals surface area contributed by atoms with Crippen molar-refractivity contribution in [2.75, 3.05) is 6.26 Å². The first-order chi connectivity index (χ1) is 6.22. The van der Waals surface area contributed by atoms with Crippen LogP contribution in [0.4, 0.5) is 4.79 Å². The van der Waals surface area contributed by atoms with Gasteiger partial charge in [-0.25, -0.2) is 4.79 Å². The molecule has 3 N–H and O–H groups in total. The molecule has 1 rings (SSSR count). The highest BCUT2D eigenvalue weighted by Crippen LogP contribution is 2.15. The van der Waals surface area contributed by atoms with Crippen molar-refractivity contribution in [1.29, 1.82) is 0 Å². The van der Waals surface area contributed by atoms with Crippen LogP contribution in [0.5, 0.6) is 0 Å². The molecule has 1 aromatic rings. The molecule has 0 heterocycles. The third-order valence-corrected chi connectivity index (χ3v) is 2.33. The summed E-state index contributed by atoms with van der Waals surface area (Å²) in [6, 6.07) is 7.48. The first-order valence-electron chi connectivity index (χ1n) is 3.88. The van der Waals surface area contributed by atoms with Gasteiger partial charge < -0.3 is 11.1 Å². The second-order valence-corrected chi connectivity index (χ2v) is 3.45. The van der Waals surface area contributed by atoms with E-state index in [-0.39, 0.29) is 0 Å². The molecule has 1 aromatic carbocycles. The predicted molar refractivity (Wildman–Crippen MR) is 54.6 cm³/mol. The van der Waals surface area contributed by atoms with Gasteiger partial charge in [0.15, 0.2) is 0 Å². The molecule has 0 radical (unpaired) electrons. The van der Waals surface area contributed by atoms with Crippen LogP contribution >= 0.6 is 11.8 Å². The molecule has 0 saturated carbocycles. The van der Waals surface area contributed by atoms with E-state index >= 15 is 0 Å². The van der Waals surface area contributed by atoms with Gasteiger partial charge in [0, 0.05) is 11.4 Å². The van der Waals surface area contributed by atoms with Gasteiger partial charge in [0.25, 0.3) is 0 Å². The standard InChI is InChI=1S/C9H12N2OS/c1-13-8-4-2-3-7(5-8)6-11-9(10)12/h2-5H,6H2,1H3,(H3,10,11,12). The van der Waals surface area contributed by atoms with Gasteiger partial charge in [-0.1, -0.05) is 12.1 Å². The number of primary amides is 1. The quantitative estimate of drug-likeness (QED) is 0.721. The van der Waals surface area contributed by atoms with E-state index in [0.29, 0.717) is 6.54 Å². The number of nitrogens with one attached hydrogen (secondary N) is 1. The van der Waals surface area contributed by atoms with Crippen LogP contribution in [0.1, 0.15) is 5.56 Å². The monoisotopic (exact) mass is 196 g/mol. The maximum atomic E-state index is 10.4. The van der Waals surface area contributed by atoms with E-state index in [4.69, 9.17) is 5.73 Å². The van der Waals surface area contributed by atoms with Crippen molar-refractivity contribution in [3.05, 3.63) is 29.8 Å². The topological polar surface area (TPSA) is 55.1 Å². The molecule has 0 aliphatic rings. The highest BCUT2D eigenvalue weighted by atomic mass is 32.2. The number of benzene rings is 1. The Morgan fingerprint density at radius 3 is 3.00 bits per heavy atom. The lowest BCUT2D eigenvalue weighted by atomic mass is 10.2. The third-order valence-electron chi connectivity index (χ3n) is 1.60. The summed E-state index contributed by atoms with van der Waals surface area (Å²) in [4.78, 5) is 11.6. The smallest absolute Gasteiger partial charge is 0.312 e. The summed E-state index contributed by atoms with van der Waals surface area (Å²) in [5.74, 6) is 0. The zero-order valence-corrected chi connectivity index (χ0v) is 8.23. The minimum atomic E-state index is -0.491. The van der Waals surface area contributed by atoms with Crippen molar-refractivity contribution in [1.82, 2.24) is 5.32 Å². The maximum Gasteiger partial charge on any atom is 0.312 e. The van der Waals surface area contributed by atoms with Crippen LogP contribution in [-0.2, 0) is 6.54 Å². The summed E-state index contributed by atoms with van der Waals surface area (Å²) in [6.45, 7) is 0.490. The number of hydrogen-bond acceptors (Lipinski definition) is 2. The van der Waals surface area contributed by atoms with E-state index < -0.39 is 6.03 Å². The Balaban J connectivity index is 2.61. The molecule has 70 valence electrons. The van der Waals surface area contributed by atoms with Gasteiger partial charge in [-0.2, -0.15) is 0 Å². The second kappa shape index (κ2) is 4.77. The summed E-state index contributed by atoms with van der Waals surface area (Å²) in [5.41, 5.74) is 6.02. The average molecular weight is 196 g/mol. The molecule has 13 heavy (non-hydrogen) atoms. The highest BCUT2D eigenvalue weighted by molar-refractivity contribution is 7.98. The largest absolute Gasteiger partial charge is 0.352 e. The average Bonchev–Trinajstić information content (AvgIpc) is 2.15. The normalized spacial score (nSPS) is 9.62. The highest BCUT2D eigenvalue weighted by Gasteiger charge is 1.95. The van der Waals surface area contributed by atoms with Crippen LogP contribution in [-0.4, -0.2) is 12.3 Å². The Morgan fingerprint density at radius 2 is 2.38 bits per heavy atom. The van der Waals surface area contributed by atoms with Gasteiger partial charge >= 0.3 is 6.03 Å². The molecular weight excluding hydrogens is 184 g/mol. The van der Waals surface area contributed by atoms with Gasteiger partial charge in [0.1, 0.15) is 0 Å². The van der Waals surface area contributed by atoms with Gasteiger partial charge in [0.05, 0.1) is 0 Å². The lowest BCUT2D eigenvalue weighted by Gasteiger charge is -2.03. The Bertz CT molecular complexity index is 301. The molecule has 0 saturated heterocycles. The van der Waals surface area contributed by atoms with Crippen LogP contribution in [0.2, 0.25) is 0 Å². The zero-order valence-electron chi connectivity index (χ0n) is 7.41. The SMILES string of the molecule is CSc1cccc(CNC(N)=O)c1. The minimum absolute atomic E-state index is 0.490. The Morgan fingerprint density at radius 1 is 1.62 bits per heavy atom. The summed E-state index contributed by atoms with van der Waals surface area (Å²) < 4.78 is 0. The molecule has 0 aliphatic heterocycles. The molecule has 3 nitrogen and oxygen atoms in total. The summed E-state index contributed by atoms with van der Waals surface area (Å²) in [5, 5.41) is 2.54. The number of thioether (sulfide) groups is 1. The van der Waals surface area contributed by atoms with Crippen LogP contribution in [0.3, 0.4) is 0 Å². The summed E-state index contributed by atoms with van der Waals surface area (Å²) >= 11 is 1.67. The van der Waals surface area contributed by atoms with E-state index in [0.717, 1.165) is 5.56 Å². The van der Waals surface area contributed by atoms with Crippen molar-refractivity contribution >= 4 is 17.8 Å². The number of carbonyl (C=O) groups excluding carboxylic acids is 1. The molecule has 2 amide bonds. The van der Waals surface area contributed by atoms with Gasteiger partial charge in [-0.05, 0) is 24.0 Å². The second-order valence-electron chi connectivity index (χ2n) is 2.57. The van der Waals surface area contributed by atoms with Crippen LogP contribution < -0.4 is 11.1 Å². The number of amides is 2. The van der Waals surface area contributed by atoms with Gasteiger partial charge in [-0.3, -0.25) is 0 Å². The van der Waals surface area contributed by atoms with Crippen molar-refractivity contribution in [3.8, 4) is 0 Å². The van der Waals surface area contributed by atoms with E-state index in [1.54, 1.807) is 11.8 Å². The van der Waals surface area contributed by atoms with E-state index in [1.165, 1.54) is 4.90 Å². The Hall–Kier alpha value is -1.16. The molecule has 0 aliphatic carbocycles. The lowest BCUT2D eigenvalue weighted by molar-refractivity contribution is 0.248. The molecule has 0 aromatic heterocycles. The maximum absolute atomic E-state index is 10.4. The van der Waals surface area contributed by atoms with Crippen molar-refractivity contribution in [2.24, 2.45) is 5.73 Å². The molecule has 0 bridgehead atoms. The van der Waals surface area contributed by atoms with Gasteiger partial charge in [0.2, 0.25) is 0 Å².